The molecule has 24 heteroatoms. The van der Waals surface area contributed by atoms with Crippen LogP contribution in [-0.2, 0) is 37.9 Å². The fraction of sp³-hybridized carbons (Fsp3) is 0.963. The molecule has 0 aromatic rings. The summed E-state index contributed by atoms with van der Waals surface area (Å²) in [6, 6.07) is 0. The SMILES string of the molecule is CC(C)(O)/C=C/CC(C)(OC1OC(COC2OC(CO)C(O)C(O)C2O)C(O)C(O)C1O)C1CCC2(C)C1C(O)CC1C3(C)CCC(OC4OC(CO)C(O)C(O)C4OC4OC(CO)C(O)C(O)C4O)C(C)(C)C3CCC12C. The average molecular weight is 1130 g/mol. The smallest absolute Gasteiger partial charge is 0.187 e. The highest BCUT2D eigenvalue weighted by Crippen LogP contribution is 2.76. The van der Waals surface area contributed by atoms with Gasteiger partial charge in [-0.1, -0.05) is 46.8 Å². The lowest BCUT2D eigenvalue weighted by atomic mass is 9.35. The fourth-order valence-electron chi connectivity index (χ4n) is 16.1. The normalized spacial score (nSPS) is 52.6. The van der Waals surface area contributed by atoms with Crippen LogP contribution in [0.1, 0.15) is 107 Å². The van der Waals surface area contributed by atoms with Crippen molar-refractivity contribution in [2.75, 3.05) is 26.4 Å². The number of fused-ring (bicyclic) bond motifs is 5. The Balaban J connectivity index is 1.02. The van der Waals surface area contributed by atoms with Crippen LogP contribution >= 0.6 is 0 Å². The summed E-state index contributed by atoms with van der Waals surface area (Å²) in [7, 11) is 0. The predicted octanol–water partition coefficient (Wildman–Crippen LogP) is -3.23. The average Bonchev–Trinajstić information content (AvgIpc) is 3.95. The van der Waals surface area contributed by atoms with Crippen molar-refractivity contribution in [3.63, 3.8) is 0 Å². The minimum absolute atomic E-state index is 0.00485. The zero-order valence-corrected chi connectivity index (χ0v) is 46.1. The number of hydrogen-bond donors (Lipinski definition) is 16. The van der Waals surface area contributed by atoms with Crippen molar-refractivity contribution >= 4 is 0 Å². The first-order chi connectivity index (χ1) is 36.3. The zero-order chi connectivity index (χ0) is 57.6. The lowest BCUT2D eigenvalue weighted by Crippen LogP contribution is -2.68. The summed E-state index contributed by atoms with van der Waals surface area (Å²) in [4.78, 5) is 0. The van der Waals surface area contributed by atoms with Gasteiger partial charge in [0.05, 0.1) is 49.8 Å². The first-order valence-corrected chi connectivity index (χ1v) is 28.0. The molecular weight excluding hydrogens is 1030 g/mol. The molecule has 4 heterocycles. The molecule has 0 bridgehead atoms. The Bertz CT molecular complexity index is 2030. The van der Waals surface area contributed by atoms with Crippen molar-refractivity contribution in [2.45, 2.75) is 253 Å². The molecule has 452 valence electrons. The van der Waals surface area contributed by atoms with Crippen LogP contribution < -0.4 is 0 Å². The fourth-order valence-corrected chi connectivity index (χ4v) is 16.1. The molecule has 78 heavy (non-hydrogen) atoms. The molecule has 4 saturated heterocycles. The second-order valence-electron chi connectivity index (χ2n) is 26.2. The monoisotopic (exact) mass is 1120 g/mol. The van der Waals surface area contributed by atoms with E-state index in [0.717, 1.165) is 12.8 Å². The minimum Gasteiger partial charge on any atom is -0.394 e. The second kappa shape index (κ2) is 23.3. The van der Waals surface area contributed by atoms with Gasteiger partial charge in [0.15, 0.2) is 25.2 Å². The summed E-state index contributed by atoms with van der Waals surface area (Å²) in [6.45, 7) is 13.5. The Morgan fingerprint density at radius 2 is 1.03 bits per heavy atom. The Hall–Kier alpha value is -1.22. The Kier molecular flexibility index (Phi) is 18.8. The Morgan fingerprint density at radius 1 is 0.526 bits per heavy atom. The lowest BCUT2D eigenvalue weighted by molar-refractivity contribution is -0.378. The van der Waals surface area contributed by atoms with Crippen molar-refractivity contribution in [1.29, 1.82) is 0 Å². The zero-order valence-electron chi connectivity index (χ0n) is 46.1. The van der Waals surface area contributed by atoms with Crippen LogP contribution in [0.2, 0.25) is 0 Å². The molecule has 4 aliphatic carbocycles. The molecule has 0 radical (unpaired) electrons. The van der Waals surface area contributed by atoms with Crippen molar-refractivity contribution < 1.29 is 120 Å². The van der Waals surface area contributed by atoms with Gasteiger partial charge in [0, 0.05) is 0 Å². The van der Waals surface area contributed by atoms with E-state index in [2.05, 4.69) is 34.6 Å². The van der Waals surface area contributed by atoms with Gasteiger partial charge < -0.3 is 120 Å². The first-order valence-electron chi connectivity index (χ1n) is 28.0. The highest BCUT2D eigenvalue weighted by atomic mass is 16.8. The van der Waals surface area contributed by atoms with Crippen LogP contribution in [-0.4, -0.2) is 254 Å². The molecule has 0 aromatic heterocycles. The number of hydrogen-bond acceptors (Lipinski definition) is 24. The molecule has 4 aliphatic heterocycles. The van der Waals surface area contributed by atoms with E-state index < -0.39 is 183 Å². The van der Waals surface area contributed by atoms with Gasteiger partial charge in [0.2, 0.25) is 0 Å². The van der Waals surface area contributed by atoms with Crippen LogP contribution in [0.25, 0.3) is 0 Å². The highest BCUT2D eigenvalue weighted by molar-refractivity contribution is 5.21. The number of aliphatic hydroxyl groups is 16. The van der Waals surface area contributed by atoms with Gasteiger partial charge in [0.1, 0.15) is 97.7 Å². The van der Waals surface area contributed by atoms with Crippen molar-refractivity contribution in [3.8, 4) is 0 Å². The molecule has 30 unspecified atom stereocenters. The summed E-state index contributed by atoms with van der Waals surface area (Å²) in [5.41, 5.74) is -4.24. The third-order valence-corrected chi connectivity index (χ3v) is 20.7. The molecule has 8 rings (SSSR count). The van der Waals surface area contributed by atoms with Gasteiger partial charge in [-0.2, -0.15) is 0 Å². The molecule has 24 nitrogen and oxygen atoms in total. The Labute approximate surface area is 455 Å². The summed E-state index contributed by atoms with van der Waals surface area (Å²) < 4.78 is 48.7. The molecule has 16 N–H and O–H groups in total. The van der Waals surface area contributed by atoms with Gasteiger partial charge >= 0.3 is 0 Å². The van der Waals surface area contributed by atoms with Crippen LogP contribution in [0.3, 0.4) is 0 Å². The van der Waals surface area contributed by atoms with Crippen molar-refractivity contribution in [3.05, 3.63) is 12.2 Å². The van der Waals surface area contributed by atoms with E-state index in [4.69, 9.17) is 37.9 Å². The predicted molar refractivity (Wildman–Crippen MR) is 268 cm³/mol. The number of ether oxygens (including phenoxy) is 8. The molecule has 0 aromatic carbocycles. The van der Waals surface area contributed by atoms with Crippen LogP contribution in [0, 0.1) is 45.3 Å². The van der Waals surface area contributed by atoms with E-state index in [9.17, 15) is 81.7 Å². The van der Waals surface area contributed by atoms with E-state index in [1.54, 1.807) is 26.0 Å². The van der Waals surface area contributed by atoms with E-state index >= 15 is 0 Å². The maximum atomic E-state index is 12.8. The first kappa shape index (κ1) is 62.8. The van der Waals surface area contributed by atoms with Gasteiger partial charge in [-0.3, -0.25) is 0 Å². The quantitative estimate of drug-likeness (QED) is 0.0534. The molecule has 4 saturated carbocycles. The maximum absolute atomic E-state index is 12.8. The third kappa shape index (κ3) is 11.1. The second-order valence-corrected chi connectivity index (χ2v) is 26.2. The largest absolute Gasteiger partial charge is 0.394 e. The third-order valence-electron chi connectivity index (χ3n) is 20.7. The van der Waals surface area contributed by atoms with E-state index in [0.29, 0.717) is 32.1 Å². The summed E-state index contributed by atoms with van der Waals surface area (Å²) >= 11 is 0. The number of aliphatic hydroxyl groups excluding tert-OH is 15. The molecule has 8 fully saturated rings. The lowest BCUT2D eigenvalue weighted by Gasteiger charge is -2.71. The molecular formula is C54H92O24. The molecule has 0 spiro atoms. The topological polar surface area (TPSA) is 398 Å². The van der Waals surface area contributed by atoms with E-state index in [1.807, 2.05) is 6.92 Å². The summed E-state index contributed by atoms with van der Waals surface area (Å²) in [5, 5.41) is 173. The van der Waals surface area contributed by atoms with Gasteiger partial charge in [0.25, 0.3) is 0 Å². The summed E-state index contributed by atoms with van der Waals surface area (Å²) in [6.07, 6.45) is -25.7. The van der Waals surface area contributed by atoms with Crippen molar-refractivity contribution in [1.82, 2.24) is 0 Å². The summed E-state index contributed by atoms with van der Waals surface area (Å²) in [5.74, 6) is -0.746. The molecule has 8 aliphatic rings. The molecule has 0 amide bonds. The van der Waals surface area contributed by atoms with Gasteiger partial charge in [-0.05, 0) is 117 Å². The van der Waals surface area contributed by atoms with Crippen molar-refractivity contribution in [2.24, 2.45) is 45.3 Å². The molecule has 30 atom stereocenters. The van der Waals surface area contributed by atoms with Gasteiger partial charge in [-0.25, -0.2) is 0 Å². The van der Waals surface area contributed by atoms with Crippen LogP contribution in [0.5, 0.6) is 0 Å². The minimum atomic E-state index is -1.83. The standard InChI is InChI=1S/C54H92O24/c1-49(2,70)13-9-14-54(8,78-47-43(69)39(65)36(62)28(75-47)22-71-45-41(67)37(63)33(59)25(19-55)72-45)23-10-16-53(7)32(23)24(58)18-30-51(5)15-12-31(50(3,4)29(51)11-17-52(30,53)6)76-48-44(40(66)35(61)27(21-57)74-48)77-46-42(68)38(64)34(60)26(20-56)73-46/h9,13,23-48,55-70H,10-12,14-22H2,1-8H3/b13-9+. The number of rotatable bonds is 16. The van der Waals surface area contributed by atoms with E-state index in [-0.39, 0.29) is 40.9 Å². The van der Waals surface area contributed by atoms with Crippen LogP contribution in [0.15, 0.2) is 12.2 Å². The highest BCUT2D eigenvalue weighted by Gasteiger charge is 2.72. The maximum Gasteiger partial charge on any atom is 0.187 e. The Morgan fingerprint density at radius 3 is 1.60 bits per heavy atom. The van der Waals surface area contributed by atoms with E-state index in [1.165, 1.54) is 0 Å². The van der Waals surface area contributed by atoms with Crippen LogP contribution in [0.4, 0.5) is 0 Å². The van der Waals surface area contributed by atoms with Gasteiger partial charge in [-0.15, -0.1) is 0 Å².